The first-order valence-corrected chi connectivity index (χ1v) is 10.9. The fourth-order valence-electron chi connectivity index (χ4n) is 5.41. The summed E-state index contributed by atoms with van der Waals surface area (Å²) < 4.78 is 0. The van der Waals surface area contributed by atoms with E-state index in [-0.39, 0.29) is 23.7 Å². The largest absolute Gasteiger partial charge is 0.332 e. The second-order valence-corrected chi connectivity index (χ2v) is 8.65. The van der Waals surface area contributed by atoms with E-state index in [2.05, 4.69) is 5.32 Å². The first-order valence-electron chi connectivity index (χ1n) is 10.9. The summed E-state index contributed by atoms with van der Waals surface area (Å²) in [5.74, 6) is -0.346. The number of urea groups is 2. The van der Waals surface area contributed by atoms with Crippen molar-refractivity contribution >= 4 is 45.8 Å². The number of nitrogens with zero attached hydrogens (tertiary/aromatic N) is 4. The number of imide groups is 1. The maximum absolute atomic E-state index is 13.5. The van der Waals surface area contributed by atoms with E-state index in [1.807, 2.05) is 36.4 Å². The van der Waals surface area contributed by atoms with E-state index in [4.69, 9.17) is 0 Å². The average molecular weight is 457 g/mol. The van der Waals surface area contributed by atoms with Crippen LogP contribution in [0.15, 0.2) is 66.7 Å². The van der Waals surface area contributed by atoms with Gasteiger partial charge in [-0.3, -0.25) is 14.9 Å². The van der Waals surface area contributed by atoms with Gasteiger partial charge in [0.05, 0.1) is 22.7 Å². The van der Waals surface area contributed by atoms with E-state index in [0.29, 0.717) is 24.3 Å². The van der Waals surface area contributed by atoms with Crippen molar-refractivity contribution in [3.8, 4) is 0 Å². The predicted octanol–water partition coefficient (Wildman–Crippen LogP) is 3.57. The molecule has 3 fully saturated rings. The molecule has 3 atom stereocenters. The first-order chi connectivity index (χ1) is 16.4. The molecule has 170 valence electrons. The second kappa shape index (κ2) is 7.27. The van der Waals surface area contributed by atoms with E-state index < -0.39 is 23.0 Å². The SMILES string of the molecule is O=C1[C@H]2C3CC(CN3C(=O)Nc3cccc([N+](=O)[O-])c3)N2C(=O)N1c1cccc2ccccc12. The number of nitro groups is 1. The number of amides is 5. The second-order valence-electron chi connectivity index (χ2n) is 8.65. The zero-order valence-electron chi connectivity index (χ0n) is 17.8. The van der Waals surface area contributed by atoms with Crippen LogP contribution in [0.4, 0.5) is 26.7 Å². The molecule has 34 heavy (non-hydrogen) atoms. The Morgan fingerprint density at radius 3 is 2.62 bits per heavy atom. The molecule has 0 spiro atoms. The lowest BCUT2D eigenvalue weighted by molar-refractivity contribution is -0.384. The van der Waals surface area contributed by atoms with Crippen molar-refractivity contribution in [2.45, 2.75) is 24.5 Å². The lowest BCUT2D eigenvalue weighted by atomic mass is 10.1. The predicted molar refractivity (Wildman–Crippen MR) is 123 cm³/mol. The lowest BCUT2D eigenvalue weighted by Gasteiger charge is -2.34. The number of nitrogens with one attached hydrogen (secondary N) is 1. The first kappa shape index (κ1) is 20.2. The zero-order valence-corrected chi connectivity index (χ0v) is 17.8. The Bertz CT molecular complexity index is 1390. The fourth-order valence-corrected chi connectivity index (χ4v) is 5.41. The summed E-state index contributed by atoms with van der Waals surface area (Å²) in [7, 11) is 0. The normalized spacial score (nSPS) is 23.1. The molecule has 0 aliphatic carbocycles. The van der Waals surface area contributed by atoms with Crippen molar-refractivity contribution in [2.75, 3.05) is 16.8 Å². The van der Waals surface area contributed by atoms with Gasteiger partial charge in [0.2, 0.25) is 0 Å². The number of non-ortho nitro benzene ring substituents is 1. The van der Waals surface area contributed by atoms with Crippen LogP contribution in [0.5, 0.6) is 0 Å². The monoisotopic (exact) mass is 457 g/mol. The number of fused-ring (bicyclic) bond motifs is 6. The number of nitro benzene ring substituents is 1. The number of hydrogen-bond donors (Lipinski definition) is 1. The highest BCUT2D eigenvalue weighted by Gasteiger charge is 2.63. The van der Waals surface area contributed by atoms with Crippen LogP contribution in [0.2, 0.25) is 0 Å². The number of rotatable bonds is 3. The van der Waals surface area contributed by atoms with Crippen LogP contribution in [-0.4, -0.2) is 57.4 Å². The van der Waals surface area contributed by atoms with Gasteiger partial charge in [0.1, 0.15) is 6.04 Å². The number of piperazine rings is 1. The maximum Gasteiger partial charge on any atom is 0.332 e. The van der Waals surface area contributed by atoms with Crippen molar-refractivity contribution < 1.29 is 19.3 Å². The van der Waals surface area contributed by atoms with Crippen LogP contribution in [0, 0.1) is 10.1 Å². The smallest absolute Gasteiger partial charge is 0.317 e. The highest BCUT2D eigenvalue weighted by atomic mass is 16.6. The molecule has 3 saturated heterocycles. The van der Waals surface area contributed by atoms with Gasteiger partial charge in [0.25, 0.3) is 11.6 Å². The Labute approximate surface area is 193 Å². The molecule has 10 heteroatoms. The third kappa shape index (κ3) is 2.84. The van der Waals surface area contributed by atoms with E-state index in [9.17, 15) is 24.5 Å². The molecule has 0 saturated carbocycles. The van der Waals surface area contributed by atoms with E-state index >= 15 is 0 Å². The summed E-state index contributed by atoms with van der Waals surface area (Å²) in [4.78, 5) is 54.7. The third-order valence-corrected chi connectivity index (χ3v) is 6.84. The van der Waals surface area contributed by atoms with Crippen LogP contribution in [0.25, 0.3) is 10.8 Å². The Hall–Kier alpha value is -4.47. The van der Waals surface area contributed by atoms with Gasteiger partial charge in [-0.15, -0.1) is 0 Å². The van der Waals surface area contributed by atoms with E-state index in [0.717, 1.165) is 10.8 Å². The van der Waals surface area contributed by atoms with Gasteiger partial charge in [-0.1, -0.05) is 42.5 Å². The number of likely N-dealkylation sites (tertiary alicyclic amines) is 1. The number of hydrogen-bond acceptors (Lipinski definition) is 5. The van der Waals surface area contributed by atoms with Gasteiger partial charge in [-0.2, -0.15) is 0 Å². The van der Waals surface area contributed by atoms with Crippen molar-refractivity contribution in [3.63, 3.8) is 0 Å². The molecule has 10 nitrogen and oxygen atoms in total. The summed E-state index contributed by atoms with van der Waals surface area (Å²) in [5, 5.41) is 15.4. The van der Waals surface area contributed by atoms with Gasteiger partial charge in [0, 0.05) is 29.8 Å². The molecule has 3 aliphatic heterocycles. The molecule has 2 unspecified atom stereocenters. The van der Waals surface area contributed by atoms with Gasteiger partial charge < -0.3 is 15.1 Å². The highest BCUT2D eigenvalue weighted by molar-refractivity contribution is 6.25. The summed E-state index contributed by atoms with van der Waals surface area (Å²) in [6.07, 6.45) is 0.522. The third-order valence-electron chi connectivity index (χ3n) is 6.84. The van der Waals surface area contributed by atoms with Gasteiger partial charge >= 0.3 is 12.1 Å². The summed E-state index contributed by atoms with van der Waals surface area (Å²) in [6, 6.07) is 16.5. The number of anilines is 2. The summed E-state index contributed by atoms with van der Waals surface area (Å²) in [5.41, 5.74) is 0.703. The highest BCUT2D eigenvalue weighted by Crippen LogP contribution is 2.43. The minimum absolute atomic E-state index is 0.130. The number of carbonyl (C=O) groups excluding carboxylic acids is 3. The summed E-state index contributed by atoms with van der Waals surface area (Å²) >= 11 is 0. The molecule has 3 aliphatic rings. The molecule has 0 aromatic heterocycles. The van der Waals surface area contributed by atoms with Crippen LogP contribution in [0.3, 0.4) is 0 Å². The van der Waals surface area contributed by atoms with Crippen molar-refractivity contribution in [2.24, 2.45) is 0 Å². The molecular weight excluding hydrogens is 438 g/mol. The minimum Gasteiger partial charge on any atom is -0.317 e. The molecule has 3 heterocycles. The quantitative estimate of drug-likeness (QED) is 0.367. The minimum atomic E-state index is -0.749. The maximum atomic E-state index is 13.5. The molecule has 3 aromatic rings. The lowest BCUT2D eigenvalue weighted by Crippen LogP contribution is -2.55. The van der Waals surface area contributed by atoms with Gasteiger partial charge in [-0.25, -0.2) is 14.5 Å². The average Bonchev–Trinajstić information content (AvgIpc) is 3.50. The Balaban J connectivity index is 1.27. The Kier molecular flexibility index (Phi) is 4.31. The molecular formula is C24H19N5O5. The van der Waals surface area contributed by atoms with E-state index in [1.165, 1.54) is 23.1 Å². The standard InChI is InChI=1S/C24H19N5O5/c30-22-21-20-12-17(13-26(20)23(31)25-15-7-4-8-16(11-15)29(33)34)27(21)24(32)28(22)19-10-3-6-14-5-1-2-9-18(14)19/h1-11,17,20-21H,12-13H2,(H,25,31)/t17?,20?,21-/m1/s1. The van der Waals surface area contributed by atoms with Crippen LogP contribution < -0.4 is 10.2 Å². The van der Waals surface area contributed by atoms with Crippen LogP contribution >= 0.6 is 0 Å². The van der Waals surface area contributed by atoms with Crippen molar-refractivity contribution in [3.05, 3.63) is 76.8 Å². The van der Waals surface area contributed by atoms with E-state index in [1.54, 1.807) is 21.9 Å². The van der Waals surface area contributed by atoms with Gasteiger partial charge in [0.15, 0.2) is 0 Å². The van der Waals surface area contributed by atoms with Crippen molar-refractivity contribution in [1.82, 2.24) is 9.80 Å². The zero-order chi connectivity index (χ0) is 23.6. The molecule has 0 radical (unpaired) electrons. The summed E-state index contributed by atoms with van der Waals surface area (Å²) in [6.45, 7) is 0.296. The molecule has 2 bridgehead atoms. The fraction of sp³-hybridized carbons (Fsp3) is 0.208. The van der Waals surface area contributed by atoms with Crippen LogP contribution in [0.1, 0.15) is 6.42 Å². The van der Waals surface area contributed by atoms with Gasteiger partial charge in [-0.05, 0) is 23.9 Å². The Morgan fingerprint density at radius 1 is 1.03 bits per heavy atom. The molecule has 6 rings (SSSR count). The number of carbonyl (C=O) groups is 3. The molecule has 1 N–H and O–H groups in total. The van der Waals surface area contributed by atoms with Crippen molar-refractivity contribution in [1.29, 1.82) is 0 Å². The topological polar surface area (TPSA) is 116 Å². The molecule has 3 aromatic carbocycles. The number of benzene rings is 3. The molecule has 5 amide bonds. The van der Waals surface area contributed by atoms with Crippen LogP contribution in [-0.2, 0) is 4.79 Å². The Morgan fingerprint density at radius 2 is 1.79 bits per heavy atom.